The van der Waals surface area contributed by atoms with Crippen molar-refractivity contribution in [1.29, 1.82) is 0 Å². The Kier molecular flexibility index (Phi) is 4.28. The van der Waals surface area contributed by atoms with Gasteiger partial charge in [0.05, 0.1) is 5.56 Å². The minimum atomic E-state index is -4.32. The predicted octanol–water partition coefficient (Wildman–Crippen LogP) is 4.19. The Morgan fingerprint density at radius 1 is 1.32 bits per heavy atom. The summed E-state index contributed by atoms with van der Waals surface area (Å²) in [6, 6.07) is 2.46. The van der Waals surface area contributed by atoms with Gasteiger partial charge in [-0.25, -0.2) is 4.98 Å². The standard InChI is InChI=1S/C13H17F3N2S/c1-19-12(6-2-3-7-12)9-18-11-5-4-10(8-17-11)13(14,15)16/h4-5,8H,2-3,6-7,9H2,1H3,(H,17,18). The average molecular weight is 290 g/mol. The van der Waals surface area contributed by atoms with Gasteiger partial charge in [0.25, 0.3) is 0 Å². The zero-order valence-corrected chi connectivity index (χ0v) is 11.6. The van der Waals surface area contributed by atoms with Gasteiger partial charge in [0.1, 0.15) is 5.82 Å². The molecular formula is C13H17F3N2S. The van der Waals surface area contributed by atoms with E-state index in [0.717, 1.165) is 31.6 Å². The molecule has 0 radical (unpaired) electrons. The highest BCUT2D eigenvalue weighted by Crippen LogP contribution is 2.40. The third-order valence-corrected chi connectivity index (χ3v) is 5.05. The summed E-state index contributed by atoms with van der Waals surface area (Å²) in [7, 11) is 0. The molecule has 0 amide bonds. The number of nitrogens with zero attached hydrogens (tertiary/aromatic N) is 1. The Hall–Kier alpha value is -0.910. The molecule has 19 heavy (non-hydrogen) atoms. The van der Waals surface area contributed by atoms with E-state index in [1.165, 1.54) is 18.9 Å². The van der Waals surface area contributed by atoms with Gasteiger partial charge in [0.2, 0.25) is 0 Å². The van der Waals surface area contributed by atoms with E-state index >= 15 is 0 Å². The summed E-state index contributed by atoms with van der Waals surface area (Å²) in [5.41, 5.74) is -0.710. The molecule has 1 N–H and O–H groups in total. The second kappa shape index (κ2) is 5.61. The Balaban J connectivity index is 1.96. The maximum Gasteiger partial charge on any atom is 0.417 e. The first-order valence-electron chi connectivity index (χ1n) is 6.27. The maximum absolute atomic E-state index is 12.4. The van der Waals surface area contributed by atoms with Crippen molar-refractivity contribution in [3.05, 3.63) is 23.9 Å². The van der Waals surface area contributed by atoms with Crippen LogP contribution < -0.4 is 5.32 Å². The molecule has 2 nitrogen and oxygen atoms in total. The predicted molar refractivity (Wildman–Crippen MR) is 72.4 cm³/mol. The number of halogens is 3. The first kappa shape index (κ1) is 14.5. The lowest BCUT2D eigenvalue weighted by atomic mass is 10.1. The Morgan fingerprint density at radius 3 is 2.47 bits per heavy atom. The minimum absolute atomic E-state index is 0.213. The van der Waals surface area contributed by atoms with E-state index in [1.807, 2.05) is 11.8 Å². The van der Waals surface area contributed by atoms with Gasteiger partial charge >= 0.3 is 6.18 Å². The van der Waals surface area contributed by atoms with Gasteiger partial charge in [0, 0.05) is 17.5 Å². The van der Waals surface area contributed by atoms with E-state index in [9.17, 15) is 13.2 Å². The number of hydrogen-bond donors (Lipinski definition) is 1. The summed E-state index contributed by atoms with van der Waals surface area (Å²) in [5.74, 6) is 0.508. The molecule has 6 heteroatoms. The summed E-state index contributed by atoms with van der Waals surface area (Å²) in [5, 5.41) is 3.16. The normalized spacial score (nSPS) is 18.5. The van der Waals surface area contributed by atoms with Crippen LogP contribution in [-0.4, -0.2) is 22.5 Å². The van der Waals surface area contributed by atoms with Crippen molar-refractivity contribution in [3.63, 3.8) is 0 Å². The molecule has 1 saturated carbocycles. The van der Waals surface area contributed by atoms with Crippen LogP contribution in [0.2, 0.25) is 0 Å². The largest absolute Gasteiger partial charge is 0.417 e. The SMILES string of the molecule is CSC1(CNc2ccc(C(F)(F)F)cn2)CCCC1. The van der Waals surface area contributed by atoms with Crippen LogP contribution in [0.4, 0.5) is 19.0 Å². The van der Waals surface area contributed by atoms with E-state index in [1.54, 1.807) is 0 Å². The topological polar surface area (TPSA) is 24.9 Å². The van der Waals surface area contributed by atoms with Crippen LogP contribution in [0.3, 0.4) is 0 Å². The number of nitrogens with one attached hydrogen (secondary N) is 1. The summed E-state index contributed by atoms with van der Waals surface area (Å²) >= 11 is 1.84. The fourth-order valence-electron chi connectivity index (χ4n) is 2.39. The molecular weight excluding hydrogens is 273 g/mol. The van der Waals surface area contributed by atoms with Crippen LogP contribution in [0.15, 0.2) is 18.3 Å². The van der Waals surface area contributed by atoms with Crippen molar-refractivity contribution in [2.75, 3.05) is 18.1 Å². The molecule has 1 aliphatic rings. The highest BCUT2D eigenvalue weighted by Gasteiger charge is 2.33. The Labute approximate surface area is 115 Å². The van der Waals surface area contributed by atoms with Crippen LogP contribution in [0.1, 0.15) is 31.2 Å². The van der Waals surface area contributed by atoms with Crippen molar-refractivity contribution < 1.29 is 13.2 Å². The second-order valence-corrected chi connectivity index (χ2v) is 6.15. The lowest BCUT2D eigenvalue weighted by molar-refractivity contribution is -0.137. The van der Waals surface area contributed by atoms with Gasteiger partial charge in [-0.1, -0.05) is 12.8 Å². The van der Waals surface area contributed by atoms with Crippen LogP contribution in [0.5, 0.6) is 0 Å². The monoisotopic (exact) mass is 290 g/mol. The fourth-order valence-corrected chi connectivity index (χ4v) is 3.30. The number of anilines is 1. The van der Waals surface area contributed by atoms with Gasteiger partial charge in [-0.2, -0.15) is 24.9 Å². The molecule has 1 fully saturated rings. The molecule has 0 atom stereocenters. The molecule has 0 aromatic carbocycles. The molecule has 1 aromatic heterocycles. The quantitative estimate of drug-likeness (QED) is 0.900. The molecule has 0 saturated heterocycles. The number of aromatic nitrogens is 1. The van der Waals surface area contributed by atoms with Crippen molar-refractivity contribution in [2.24, 2.45) is 0 Å². The Bertz CT molecular complexity index is 411. The lowest BCUT2D eigenvalue weighted by Gasteiger charge is -2.27. The maximum atomic E-state index is 12.4. The summed E-state index contributed by atoms with van der Waals surface area (Å²) in [6.45, 7) is 0.756. The van der Waals surface area contributed by atoms with Crippen LogP contribution in [-0.2, 0) is 6.18 Å². The van der Waals surface area contributed by atoms with Crippen molar-refractivity contribution in [1.82, 2.24) is 4.98 Å². The molecule has 0 spiro atoms. The number of thioether (sulfide) groups is 1. The second-order valence-electron chi connectivity index (χ2n) is 4.88. The average Bonchev–Trinajstić information content (AvgIpc) is 2.85. The van der Waals surface area contributed by atoms with E-state index in [2.05, 4.69) is 16.6 Å². The van der Waals surface area contributed by atoms with E-state index in [-0.39, 0.29) is 4.75 Å². The third-order valence-electron chi connectivity index (χ3n) is 3.63. The fraction of sp³-hybridized carbons (Fsp3) is 0.615. The molecule has 106 valence electrons. The molecule has 1 heterocycles. The van der Waals surface area contributed by atoms with Crippen LogP contribution in [0, 0.1) is 0 Å². The highest BCUT2D eigenvalue weighted by atomic mass is 32.2. The molecule has 2 rings (SSSR count). The van der Waals surface area contributed by atoms with E-state index in [0.29, 0.717) is 5.82 Å². The van der Waals surface area contributed by atoms with Crippen molar-refractivity contribution in [3.8, 4) is 0 Å². The summed E-state index contributed by atoms with van der Waals surface area (Å²) in [6.07, 6.45) is 3.41. The zero-order valence-electron chi connectivity index (χ0n) is 10.8. The van der Waals surface area contributed by atoms with Crippen molar-refractivity contribution in [2.45, 2.75) is 36.6 Å². The summed E-state index contributed by atoms with van der Waals surface area (Å²) < 4.78 is 37.4. The van der Waals surface area contributed by atoms with Crippen LogP contribution >= 0.6 is 11.8 Å². The number of pyridine rings is 1. The van der Waals surface area contributed by atoms with Gasteiger partial charge in [-0.15, -0.1) is 0 Å². The first-order valence-corrected chi connectivity index (χ1v) is 7.50. The highest BCUT2D eigenvalue weighted by molar-refractivity contribution is 8.00. The van der Waals surface area contributed by atoms with Gasteiger partial charge < -0.3 is 5.32 Å². The van der Waals surface area contributed by atoms with E-state index < -0.39 is 11.7 Å². The molecule has 0 unspecified atom stereocenters. The lowest BCUT2D eigenvalue weighted by Crippen LogP contribution is -2.30. The van der Waals surface area contributed by atoms with Gasteiger partial charge in [0.15, 0.2) is 0 Å². The molecule has 0 bridgehead atoms. The van der Waals surface area contributed by atoms with Crippen molar-refractivity contribution >= 4 is 17.6 Å². The smallest absolute Gasteiger partial charge is 0.369 e. The van der Waals surface area contributed by atoms with Gasteiger partial charge in [-0.3, -0.25) is 0 Å². The number of alkyl halides is 3. The molecule has 0 aliphatic heterocycles. The van der Waals surface area contributed by atoms with Gasteiger partial charge in [-0.05, 0) is 31.2 Å². The Morgan fingerprint density at radius 2 is 2.00 bits per heavy atom. The zero-order chi connectivity index (χ0) is 13.9. The third kappa shape index (κ3) is 3.55. The first-order chi connectivity index (χ1) is 8.95. The number of rotatable bonds is 4. The van der Waals surface area contributed by atoms with Crippen LogP contribution in [0.25, 0.3) is 0 Å². The summed E-state index contributed by atoms with van der Waals surface area (Å²) in [4.78, 5) is 3.83. The molecule has 1 aliphatic carbocycles. The number of hydrogen-bond acceptors (Lipinski definition) is 3. The van der Waals surface area contributed by atoms with E-state index in [4.69, 9.17) is 0 Å². The minimum Gasteiger partial charge on any atom is -0.369 e. The molecule has 1 aromatic rings.